The highest BCUT2D eigenvalue weighted by atomic mass is 35.5. The quantitative estimate of drug-likeness (QED) is 0.647. The zero-order valence-corrected chi connectivity index (χ0v) is 7.50. The smallest absolute Gasteiger partial charge is 0.180 e. The average Bonchev–Trinajstić information content (AvgIpc) is 2.19. The molecule has 0 amide bonds. The molecule has 1 aliphatic heterocycles. The third-order valence-electron chi connectivity index (χ3n) is 1.80. The van der Waals surface area contributed by atoms with E-state index in [-0.39, 0.29) is 0 Å². The fraction of sp³-hybridized carbons (Fsp3) is 0.222. The van der Waals surface area contributed by atoms with Gasteiger partial charge in [0, 0.05) is 0 Å². The first-order chi connectivity index (χ1) is 6.33. The van der Waals surface area contributed by atoms with Gasteiger partial charge in [0.25, 0.3) is 0 Å². The molecule has 0 fully saturated rings. The summed E-state index contributed by atoms with van der Waals surface area (Å²) in [5.41, 5.74) is 0.471. The van der Waals surface area contributed by atoms with Gasteiger partial charge in [-0.1, -0.05) is 11.6 Å². The lowest BCUT2D eigenvalue weighted by atomic mass is 10.2. The fourth-order valence-electron chi connectivity index (χ4n) is 1.22. The van der Waals surface area contributed by atoms with Crippen LogP contribution < -0.4 is 9.47 Å². The SMILES string of the molecule is O=Cc1ccc(Cl)c2c1OCCO2. The number of benzene rings is 1. The summed E-state index contributed by atoms with van der Waals surface area (Å²) in [6, 6.07) is 3.24. The molecular weight excluding hydrogens is 192 g/mol. The summed E-state index contributed by atoms with van der Waals surface area (Å²) in [5.74, 6) is 0.922. The summed E-state index contributed by atoms with van der Waals surface area (Å²) < 4.78 is 10.6. The summed E-state index contributed by atoms with van der Waals surface area (Å²) in [4.78, 5) is 10.6. The van der Waals surface area contributed by atoms with Crippen molar-refractivity contribution in [1.29, 1.82) is 0 Å². The van der Waals surface area contributed by atoms with Gasteiger partial charge in [-0.15, -0.1) is 0 Å². The monoisotopic (exact) mass is 198 g/mol. The molecule has 2 rings (SSSR count). The van der Waals surface area contributed by atoms with Crippen molar-refractivity contribution in [1.82, 2.24) is 0 Å². The molecule has 1 aromatic rings. The Morgan fingerprint density at radius 3 is 2.62 bits per heavy atom. The maximum absolute atomic E-state index is 10.6. The second-order valence-electron chi connectivity index (χ2n) is 2.61. The molecule has 4 heteroatoms. The van der Waals surface area contributed by atoms with Crippen LogP contribution in [0.15, 0.2) is 12.1 Å². The molecule has 0 saturated heterocycles. The van der Waals surface area contributed by atoms with Crippen molar-refractivity contribution >= 4 is 17.9 Å². The number of carbonyl (C=O) groups is 1. The Labute approximate surface area is 80.2 Å². The standard InChI is InChI=1S/C9H7ClO3/c10-7-2-1-6(5-11)8-9(7)13-4-3-12-8/h1-2,5H,3-4H2. The molecule has 0 atom stereocenters. The van der Waals surface area contributed by atoms with E-state index in [0.29, 0.717) is 35.3 Å². The highest BCUT2D eigenvalue weighted by Gasteiger charge is 2.18. The van der Waals surface area contributed by atoms with Gasteiger partial charge in [-0.25, -0.2) is 0 Å². The van der Waals surface area contributed by atoms with Gasteiger partial charge in [-0.2, -0.15) is 0 Å². The number of carbonyl (C=O) groups excluding carboxylic acids is 1. The molecule has 1 aromatic carbocycles. The van der Waals surface area contributed by atoms with Crippen LogP contribution in [0.25, 0.3) is 0 Å². The van der Waals surface area contributed by atoms with Gasteiger partial charge in [-0.3, -0.25) is 4.79 Å². The third-order valence-corrected chi connectivity index (χ3v) is 2.10. The minimum Gasteiger partial charge on any atom is -0.485 e. The molecule has 3 nitrogen and oxygen atoms in total. The number of hydrogen-bond acceptors (Lipinski definition) is 3. The number of aldehydes is 1. The summed E-state index contributed by atoms with van der Waals surface area (Å²) in [6.45, 7) is 0.920. The lowest BCUT2D eigenvalue weighted by Gasteiger charge is -2.20. The van der Waals surface area contributed by atoms with Gasteiger partial charge in [0.2, 0.25) is 0 Å². The van der Waals surface area contributed by atoms with Crippen LogP contribution in [0.5, 0.6) is 11.5 Å². The minimum atomic E-state index is 0.453. The second-order valence-corrected chi connectivity index (χ2v) is 3.02. The molecule has 0 aromatic heterocycles. The van der Waals surface area contributed by atoms with Crippen LogP contribution in [0.4, 0.5) is 0 Å². The highest BCUT2D eigenvalue weighted by Crippen LogP contribution is 2.39. The Bertz CT molecular complexity index is 349. The van der Waals surface area contributed by atoms with E-state index in [9.17, 15) is 4.79 Å². The van der Waals surface area contributed by atoms with Gasteiger partial charge < -0.3 is 9.47 Å². The first-order valence-corrected chi connectivity index (χ1v) is 4.24. The van der Waals surface area contributed by atoms with E-state index in [1.54, 1.807) is 12.1 Å². The normalized spacial score (nSPS) is 13.9. The second kappa shape index (κ2) is 3.26. The van der Waals surface area contributed by atoms with Crippen LogP contribution in [0.1, 0.15) is 10.4 Å². The number of rotatable bonds is 1. The van der Waals surface area contributed by atoms with Crippen molar-refractivity contribution in [3.05, 3.63) is 22.7 Å². The molecule has 13 heavy (non-hydrogen) atoms. The van der Waals surface area contributed by atoms with Crippen molar-refractivity contribution in [3.63, 3.8) is 0 Å². The van der Waals surface area contributed by atoms with Gasteiger partial charge in [0.05, 0.1) is 10.6 Å². The molecule has 0 aliphatic carbocycles. The van der Waals surface area contributed by atoms with Crippen molar-refractivity contribution in [2.24, 2.45) is 0 Å². The first kappa shape index (κ1) is 8.38. The third kappa shape index (κ3) is 1.35. The van der Waals surface area contributed by atoms with Crippen LogP contribution in [0, 0.1) is 0 Å². The molecule has 0 unspecified atom stereocenters. The van der Waals surface area contributed by atoms with Crippen LogP contribution in [-0.2, 0) is 0 Å². The van der Waals surface area contributed by atoms with E-state index in [2.05, 4.69) is 0 Å². The first-order valence-electron chi connectivity index (χ1n) is 3.86. The molecule has 0 radical (unpaired) electrons. The number of fused-ring (bicyclic) bond motifs is 1. The minimum absolute atomic E-state index is 0.453. The van der Waals surface area contributed by atoms with E-state index in [1.165, 1.54) is 0 Å². The van der Waals surface area contributed by atoms with E-state index >= 15 is 0 Å². The summed E-state index contributed by atoms with van der Waals surface area (Å²) >= 11 is 5.85. The molecule has 0 spiro atoms. The van der Waals surface area contributed by atoms with Crippen LogP contribution in [0.3, 0.4) is 0 Å². The zero-order valence-electron chi connectivity index (χ0n) is 6.75. The number of hydrogen-bond donors (Lipinski definition) is 0. The van der Waals surface area contributed by atoms with Crippen LogP contribution in [-0.4, -0.2) is 19.5 Å². The zero-order chi connectivity index (χ0) is 9.26. The predicted octanol–water partition coefficient (Wildman–Crippen LogP) is 1.92. The molecule has 0 N–H and O–H groups in total. The Hall–Kier alpha value is -1.22. The number of ether oxygens (including phenoxy) is 2. The lowest BCUT2D eigenvalue weighted by molar-refractivity contribution is 0.111. The Balaban J connectivity index is 2.58. The van der Waals surface area contributed by atoms with Gasteiger partial charge in [0.15, 0.2) is 17.8 Å². The largest absolute Gasteiger partial charge is 0.485 e. The van der Waals surface area contributed by atoms with Crippen LogP contribution in [0.2, 0.25) is 5.02 Å². The molecular formula is C9H7ClO3. The van der Waals surface area contributed by atoms with Gasteiger partial charge >= 0.3 is 0 Å². The molecule has 1 aliphatic rings. The Morgan fingerprint density at radius 2 is 1.92 bits per heavy atom. The maximum atomic E-state index is 10.6. The van der Waals surface area contributed by atoms with E-state index in [4.69, 9.17) is 21.1 Å². The predicted molar refractivity (Wildman–Crippen MR) is 47.8 cm³/mol. The summed E-state index contributed by atoms with van der Waals surface area (Å²) in [6.07, 6.45) is 0.726. The Morgan fingerprint density at radius 1 is 1.23 bits per heavy atom. The topological polar surface area (TPSA) is 35.5 Å². The van der Waals surface area contributed by atoms with Crippen molar-refractivity contribution in [3.8, 4) is 11.5 Å². The van der Waals surface area contributed by atoms with Gasteiger partial charge in [0.1, 0.15) is 13.2 Å². The maximum Gasteiger partial charge on any atom is 0.180 e. The molecule has 0 saturated carbocycles. The average molecular weight is 199 g/mol. The summed E-state index contributed by atoms with van der Waals surface area (Å²) in [7, 11) is 0. The summed E-state index contributed by atoms with van der Waals surface area (Å²) in [5, 5.41) is 0.473. The molecule has 0 bridgehead atoms. The van der Waals surface area contributed by atoms with Crippen molar-refractivity contribution in [2.75, 3.05) is 13.2 Å². The number of halogens is 1. The lowest BCUT2D eigenvalue weighted by Crippen LogP contribution is -2.16. The highest BCUT2D eigenvalue weighted by molar-refractivity contribution is 6.32. The van der Waals surface area contributed by atoms with E-state index in [0.717, 1.165) is 6.29 Å². The van der Waals surface area contributed by atoms with Crippen molar-refractivity contribution in [2.45, 2.75) is 0 Å². The molecule has 1 heterocycles. The van der Waals surface area contributed by atoms with Gasteiger partial charge in [-0.05, 0) is 12.1 Å². The van der Waals surface area contributed by atoms with E-state index < -0.39 is 0 Å². The van der Waals surface area contributed by atoms with Crippen molar-refractivity contribution < 1.29 is 14.3 Å². The van der Waals surface area contributed by atoms with Crippen LogP contribution >= 0.6 is 11.6 Å². The fourth-order valence-corrected chi connectivity index (χ4v) is 1.42. The molecule has 68 valence electrons. The Kier molecular flexibility index (Phi) is 2.10. The van der Waals surface area contributed by atoms with E-state index in [1.807, 2.05) is 0 Å².